The lowest BCUT2D eigenvalue weighted by Crippen LogP contribution is -2.24. The van der Waals surface area contributed by atoms with E-state index < -0.39 is 0 Å². The van der Waals surface area contributed by atoms with Gasteiger partial charge in [0.1, 0.15) is 0 Å². The predicted molar refractivity (Wildman–Crippen MR) is 60.6 cm³/mol. The minimum atomic E-state index is 0.233. The molecule has 1 heterocycles. The number of rotatable bonds is 6. The van der Waals surface area contributed by atoms with Gasteiger partial charge in [0, 0.05) is 31.9 Å². The zero-order valence-corrected chi connectivity index (χ0v) is 9.77. The summed E-state index contributed by atoms with van der Waals surface area (Å²) >= 11 is 0. The summed E-state index contributed by atoms with van der Waals surface area (Å²) in [6.07, 6.45) is 3.74. The lowest BCUT2D eigenvalue weighted by molar-refractivity contribution is 0.233. The highest BCUT2D eigenvalue weighted by Gasteiger charge is 2.05. The van der Waals surface area contributed by atoms with Crippen LogP contribution in [0.2, 0.25) is 0 Å². The van der Waals surface area contributed by atoms with Gasteiger partial charge in [-0.25, -0.2) is 4.98 Å². The smallest absolute Gasteiger partial charge is 0.0951 e. The summed E-state index contributed by atoms with van der Waals surface area (Å²) < 4.78 is 2.15. The molecule has 0 fully saturated rings. The normalized spacial score (nSPS) is 13.4. The Bertz CT molecular complexity index is 283. The van der Waals surface area contributed by atoms with Gasteiger partial charge >= 0.3 is 0 Å². The number of aliphatic hydroxyl groups excluding tert-OH is 1. The van der Waals surface area contributed by atoms with E-state index in [1.807, 2.05) is 19.4 Å². The van der Waals surface area contributed by atoms with Gasteiger partial charge in [-0.2, -0.15) is 0 Å². The van der Waals surface area contributed by atoms with Crippen LogP contribution in [0.25, 0.3) is 0 Å². The summed E-state index contributed by atoms with van der Waals surface area (Å²) in [7, 11) is 0. The Morgan fingerprint density at radius 1 is 1.47 bits per heavy atom. The van der Waals surface area contributed by atoms with Crippen LogP contribution >= 0.6 is 0 Å². The Morgan fingerprint density at radius 3 is 2.80 bits per heavy atom. The molecule has 86 valence electrons. The van der Waals surface area contributed by atoms with Crippen molar-refractivity contribution in [3.8, 4) is 0 Å². The molecule has 0 saturated carbocycles. The maximum Gasteiger partial charge on any atom is 0.0951 e. The number of hydrogen-bond donors (Lipinski definition) is 2. The van der Waals surface area contributed by atoms with Crippen LogP contribution in [-0.2, 0) is 6.54 Å². The first-order valence-corrected chi connectivity index (χ1v) is 5.47. The van der Waals surface area contributed by atoms with E-state index >= 15 is 0 Å². The third-order valence-corrected chi connectivity index (χ3v) is 2.41. The van der Waals surface area contributed by atoms with Crippen LogP contribution in [0.15, 0.2) is 12.5 Å². The summed E-state index contributed by atoms with van der Waals surface area (Å²) in [6, 6.07) is 0.444. The molecule has 1 atom stereocenters. The van der Waals surface area contributed by atoms with E-state index in [0.717, 1.165) is 13.1 Å². The van der Waals surface area contributed by atoms with Crippen molar-refractivity contribution in [1.29, 1.82) is 0 Å². The largest absolute Gasteiger partial charge is 0.396 e. The van der Waals surface area contributed by atoms with Crippen LogP contribution in [0.4, 0.5) is 0 Å². The number of nitrogens with zero attached hydrogens (tertiary/aromatic N) is 2. The second-order valence-electron chi connectivity index (χ2n) is 4.30. The Hall–Kier alpha value is -0.870. The van der Waals surface area contributed by atoms with Crippen LogP contribution in [0.1, 0.15) is 32.5 Å². The third-order valence-electron chi connectivity index (χ3n) is 2.41. The Morgan fingerprint density at radius 2 is 2.20 bits per heavy atom. The molecule has 1 aromatic heterocycles. The van der Waals surface area contributed by atoms with E-state index in [2.05, 4.69) is 28.7 Å². The lowest BCUT2D eigenvalue weighted by atomic mass is 10.2. The van der Waals surface area contributed by atoms with Crippen molar-refractivity contribution in [2.45, 2.75) is 33.4 Å². The number of aromatic nitrogens is 2. The summed E-state index contributed by atoms with van der Waals surface area (Å²) in [6.45, 7) is 8.18. The molecule has 0 aliphatic rings. The monoisotopic (exact) mass is 211 g/mol. The first-order chi connectivity index (χ1) is 7.15. The SMILES string of the molecule is CC(CO)CNCc1cncn1C(C)C. The highest BCUT2D eigenvalue weighted by molar-refractivity contribution is 4.99. The molecule has 0 aliphatic carbocycles. The Kier molecular flexibility index (Phi) is 4.78. The first kappa shape index (κ1) is 12.2. The molecular weight excluding hydrogens is 190 g/mol. The Balaban J connectivity index is 2.40. The van der Waals surface area contributed by atoms with Crippen molar-refractivity contribution in [3.05, 3.63) is 18.2 Å². The number of hydrogen-bond acceptors (Lipinski definition) is 3. The molecule has 1 aromatic rings. The van der Waals surface area contributed by atoms with Crippen molar-refractivity contribution in [2.75, 3.05) is 13.2 Å². The van der Waals surface area contributed by atoms with Gasteiger partial charge in [-0.05, 0) is 19.8 Å². The number of imidazole rings is 1. The van der Waals surface area contributed by atoms with Crippen LogP contribution in [0, 0.1) is 5.92 Å². The maximum atomic E-state index is 8.88. The average molecular weight is 211 g/mol. The molecule has 4 nitrogen and oxygen atoms in total. The molecule has 15 heavy (non-hydrogen) atoms. The zero-order valence-electron chi connectivity index (χ0n) is 9.77. The van der Waals surface area contributed by atoms with Crippen LogP contribution in [0.3, 0.4) is 0 Å². The molecular formula is C11H21N3O. The van der Waals surface area contributed by atoms with Crippen LogP contribution in [0.5, 0.6) is 0 Å². The highest BCUT2D eigenvalue weighted by Crippen LogP contribution is 2.08. The standard InChI is InChI=1S/C11H21N3O/c1-9(2)14-8-13-6-11(14)5-12-4-10(3)7-15/h6,8-10,12,15H,4-5,7H2,1-3H3. The zero-order chi connectivity index (χ0) is 11.3. The van der Waals surface area contributed by atoms with E-state index in [1.165, 1.54) is 5.69 Å². The maximum absolute atomic E-state index is 8.88. The molecule has 0 radical (unpaired) electrons. The minimum absolute atomic E-state index is 0.233. The van der Waals surface area contributed by atoms with Crippen LogP contribution in [-0.4, -0.2) is 27.8 Å². The molecule has 4 heteroatoms. The molecule has 0 spiro atoms. The predicted octanol–water partition coefficient (Wildman–Crippen LogP) is 1.18. The average Bonchev–Trinajstić information content (AvgIpc) is 2.65. The van der Waals surface area contributed by atoms with Gasteiger partial charge in [-0.1, -0.05) is 6.92 Å². The van der Waals surface area contributed by atoms with Gasteiger partial charge in [0.05, 0.1) is 12.0 Å². The second-order valence-corrected chi connectivity index (χ2v) is 4.30. The molecule has 0 amide bonds. The lowest BCUT2D eigenvalue weighted by Gasteiger charge is -2.13. The van der Waals surface area contributed by atoms with Crippen molar-refractivity contribution in [1.82, 2.24) is 14.9 Å². The van der Waals surface area contributed by atoms with Gasteiger partial charge in [-0.3, -0.25) is 0 Å². The molecule has 2 N–H and O–H groups in total. The summed E-state index contributed by atoms with van der Waals surface area (Å²) in [4.78, 5) is 4.13. The van der Waals surface area contributed by atoms with Crippen molar-refractivity contribution in [2.24, 2.45) is 5.92 Å². The van der Waals surface area contributed by atoms with E-state index in [9.17, 15) is 0 Å². The third kappa shape index (κ3) is 3.64. The number of nitrogens with one attached hydrogen (secondary N) is 1. The van der Waals surface area contributed by atoms with Crippen molar-refractivity contribution in [3.63, 3.8) is 0 Å². The first-order valence-electron chi connectivity index (χ1n) is 5.47. The highest BCUT2D eigenvalue weighted by atomic mass is 16.3. The molecule has 0 saturated heterocycles. The molecule has 1 unspecified atom stereocenters. The van der Waals surface area contributed by atoms with Crippen LogP contribution < -0.4 is 5.32 Å². The van der Waals surface area contributed by atoms with Gasteiger partial charge in [-0.15, -0.1) is 0 Å². The fraction of sp³-hybridized carbons (Fsp3) is 0.727. The fourth-order valence-corrected chi connectivity index (χ4v) is 1.45. The minimum Gasteiger partial charge on any atom is -0.396 e. The van der Waals surface area contributed by atoms with Gasteiger partial charge in [0.15, 0.2) is 0 Å². The van der Waals surface area contributed by atoms with Crippen molar-refractivity contribution < 1.29 is 5.11 Å². The summed E-state index contributed by atoms with van der Waals surface area (Å²) in [5.74, 6) is 0.306. The van der Waals surface area contributed by atoms with Gasteiger partial charge in [0.25, 0.3) is 0 Å². The van der Waals surface area contributed by atoms with Gasteiger partial charge < -0.3 is 15.0 Å². The van der Waals surface area contributed by atoms with E-state index in [4.69, 9.17) is 5.11 Å². The van der Waals surface area contributed by atoms with Gasteiger partial charge in [0.2, 0.25) is 0 Å². The quantitative estimate of drug-likeness (QED) is 0.743. The molecule has 0 aromatic carbocycles. The Labute approximate surface area is 91.3 Å². The van der Waals surface area contributed by atoms with E-state index in [0.29, 0.717) is 12.0 Å². The molecule has 1 rings (SSSR count). The number of aliphatic hydroxyl groups is 1. The molecule has 0 bridgehead atoms. The molecule has 0 aliphatic heterocycles. The summed E-state index contributed by atoms with van der Waals surface area (Å²) in [5, 5.41) is 12.2. The topological polar surface area (TPSA) is 50.1 Å². The second kappa shape index (κ2) is 5.88. The van der Waals surface area contributed by atoms with Crippen molar-refractivity contribution >= 4 is 0 Å². The summed E-state index contributed by atoms with van der Waals surface area (Å²) in [5.41, 5.74) is 1.19. The van der Waals surface area contributed by atoms with E-state index in [1.54, 1.807) is 0 Å². The van der Waals surface area contributed by atoms with E-state index in [-0.39, 0.29) is 6.61 Å². The fourth-order valence-electron chi connectivity index (χ4n) is 1.45.